The minimum absolute atomic E-state index is 0.0109. The Morgan fingerprint density at radius 2 is 2.15 bits per heavy atom. The average molecular weight is 276 g/mol. The van der Waals surface area contributed by atoms with E-state index in [9.17, 15) is 10.1 Å². The molecule has 0 aliphatic heterocycles. The zero-order valence-corrected chi connectivity index (χ0v) is 11.0. The molecule has 0 aliphatic rings. The monoisotopic (exact) mass is 276 g/mol. The highest BCUT2D eigenvalue weighted by Gasteiger charge is 2.12. The first-order chi connectivity index (χ1) is 9.70. The minimum atomic E-state index is -0.447. The van der Waals surface area contributed by atoms with E-state index in [-0.39, 0.29) is 5.69 Å². The van der Waals surface area contributed by atoms with E-state index >= 15 is 0 Å². The van der Waals surface area contributed by atoms with Crippen molar-refractivity contribution in [1.82, 2.24) is 10.1 Å². The molecule has 0 saturated heterocycles. The second-order valence-electron chi connectivity index (χ2n) is 4.42. The van der Waals surface area contributed by atoms with Gasteiger partial charge in [0.05, 0.1) is 4.92 Å². The van der Waals surface area contributed by atoms with Gasteiger partial charge in [-0.15, -0.1) is 0 Å². The van der Waals surface area contributed by atoms with Crippen LogP contribution < -0.4 is 5.73 Å². The van der Waals surface area contributed by atoms with Crippen LogP contribution in [0.3, 0.4) is 0 Å². The lowest BCUT2D eigenvalue weighted by atomic mass is 10.2. The fourth-order valence-corrected chi connectivity index (χ4v) is 1.83. The number of nitrogens with zero attached hydrogens (tertiary/aromatic N) is 3. The van der Waals surface area contributed by atoms with Gasteiger partial charge in [0.25, 0.3) is 5.69 Å². The van der Waals surface area contributed by atoms with E-state index in [0.717, 1.165) is 19.3 Å². The molecule has 0 atom stereocenters. The molecule has 20 heavy (non-hydrogen) atoms. The third-order valence-electron chi connectivity index (χ3n) is 2.88. The summed E-state index contributed by atoms with van der Waals surface area (Å²) < 4.78 is 5.14. The Morgan fingerprint density at radius 3 is 2.90 bits per heavy atom. The summed E-state index contributed by atoms with van der Waals surface area (Å²) in [6.07, 6.45) is 3.63. The molecule has 0 bridgehead atoms. The summed E-state index contributed by atoms with van der Waals surface area (Å²) in [6, 6.07) is 6.18. The summed E-state index contributed by atoms with van der Waals surface area (Å²) in [5.41, 5.74) is 6.01. The van der Waals surface area contributed by atoms with Crippen LogP contribution in [-0.2, 0) is 6.42 Å². The SMILES string of the molecule is NCCCCCc1nc(-c2cccc([N+](=O)[O-])c2)no1. The number of unbranched alkanes of at least 4 members (excludes halogenated alkanes) is 2. The zero-order chi connectivity index (χ0) is 14.4. The van der Waals surface area contributed by atoms with Crippen LogP contribution in [0.1, 0.15) is 25.2 Å². The van der Waals surface area contributed by atoms with Crippen molar-refractivity contribution in [1.29, 1.82) is 0 Å². The number of nitro benzene ring substituents is 1. The summed E-state index contributed by atoms with van der Waals surface area (Å²) in [5.74, 6) is 0.922. The number of benzene rings is 1. The maximum Gasteiger partial charge on any atom is 0.270 e. The smallest absolute Gasteiger partial charge is 0.270 e. The number of nitro groups is 1. The fraction of sp³-hybridized carbons (Fsp3) is 0.385. The van der Waals surface area contributed by atoms with Crippen LogP contribution in [0.5, 0.6) is 0 Å². The van der Waals surface area contributed by atoms with E-state index in [0.29, 0.717) is 30.2 Å². The number of hydrogen-bond donors (Lipinski definition) is 1. The number of nitrogens with two attached hydrogens (primary N) is 1. The normalized spacial score (nSPS) is 10.7. The Morgan fingerprint density at radius 1 is 1.30 bits per heavy atom. The largest absolute Gasteiger partial charge is 0.339 e. The minimum Gasteiger partial charge on any atom is -0.339 e. The maximum atomic E-state index is 10.7. The summed E-state index contributed by atoms with van der Waals surface area (Å²) >= 11 is 0. The molecule has 0 fully saturated rings. The molecular weight excluding hydrogens is 260 g/mol. The van der Waals surface area contributed by atoms with Gasteiger partial charge in [-0.3, -0.25) is 10.1 Å². The van der Waals surface area contributed by atoms with Crippen LogP contribution in [0.2, 0.25) is 0 Å². The second-order valence-corrected chi connectivity index (χ2v) is 4.42. The molecule has 0 unspecified atom stereocenters. The molecule has 0 amide bonds. The van der Waals surface area contributed by atoms with Crippen molar-refractivity contribution in [2.75, 3.05) is 6.54 Å². The molecule has 0 spiro atoms. The molecule has 1 aromatic heterocycles. The molecule has 2 N–H and O–H groups in total. The van der Waals surface area contributed by atoms with Crippen LogP contribution in [0.4, 0.5) is 5.69 Å². The van der Waals surface area contributed by atoms with E-state index in [2.05, 4.69) is 10.1 Å². The first-order valence-corrected chi connectivity index (χ1v) is 6.48. The third-order valence-corrected chi connectivity index (χ3v) is 2.88. The summed E-state index contributed by atoms with van der Waals surface area (Å²) in [6.45, 7) is 0.683. The Balaban J connectivity index is 2.04. The molecular formula is C13H16N4O3. The number of non-ortho nitro benzene ring substituents is 1. The first kappa shape index (κ1) is 14.1. The van der Waals surface area contributed by atoms with Crippen LogP contribution in [0, 0.1) is 10.1 Å². The molecule has 7 nitrogen and oxygen atoms in total. The number of rotatable bonds is 7. The zero-order valence-electron chi connectivity index (χ0n) is 11.0. The first-order valence-electron chi connectivity index (χ1n) is 6.48. The average Bonchev–Trinajstić information content (AvgIpc) is 2.92. The quantitative estimate of drug-likeness (QED) is 0.472. The van der Waals surface area contributed by atoms with Crippen molar-refractivity contribution in [3.05, 3.63) is 40.3 Å². The van der Waals surface area contributed by atoms with E-state index in [1.54, 1.807) is 12.1 Å². The summed E-state index contributed by atoms with van der Waals surface area (Å²) in [4.78, 5) is 14.5. The lowest BCUT2D eigenvalue weighted by molar-refractivity contribution is -0.384. The van der Waals surface area contributed by atoms with Crippen molar-refractivity contribution in [3.63, 3.8) is 0 Å². The summed E-state index contributed by atoms with van der Waals surface area (Å²) in [7, 11) is 0. The highest BCUT2D eigenvalue weighted by atomic mass is 16.6. The Bertz CT molecular complexity index is 583. The van der Waals surface area contributed by atoms with E-state index in [1.807, 2.05) is 0 Å². The van der Waals surface area contributed by atoms with Crippen molar-refractivity contribution < 1.29 is 9.45 Å². The highest BCUT2D eigenvalue weighted by molar-refractivity contribution is 5.58. The third kappa shape index (κ3) is 3.61. The lowest BCUT2D eigenvalue weighted by Gasteiger charge is -1.95. The Hall–Kier alpha value is -2.28. The van der Waals surface area contributed by atoms with Gasteiger partial charge in [0.1, 0.15) is 0 Å². The maximum absolute atomic E-state index is 10.7. The standard InChI is InChI=1S/C13H16N4O3/c14-8-3-1-2-7-12-15-13(16-20-12)10-5-4-6-11(9-10)17(18)19/h4-6,9H,1-3,7-8,14H2. The van der Waals surface area contributed by atoms with Crippen LogP contribution in [-0.4, -0.2) is 21.6 Å². The van der Waals surface area contributed by atoms with E-state index in [1.165, 1.54) is 12.1 Å². The van der Waals surface area contributed by atoms with Crippen molar-refractivity contribution in [2.45, 2.75) is 25.7 Å². The van der Waals surface area contributed by atoms with E-state index < -0.39 is 4.92 Å². The van der Waals surface area contributed by atoms with Gasteiger partial charge in [0.2, 0.25) is 11.7 Å². The molecule has 7 heteroatoms. The molecule has 0 saturated carbocycles. The molecule has 106 valence electrons. The number of hydrogen-bond acceptors (Lipinski definition) is 6. The van der Waals surface area contributed by atoms with Crippen molar-refractivity contribution >= 4 is 5.69 Å². The topological polar surface area (TPSA) is 108 Å². The number of aromatic nitrogens is 2. The summed E-state index contributed by atoms with van der Waals surface area (Å²) in [5, 5.41) is 14.6. The van der Waals surface area contributed by atoms with Gasteiger partial charge < -0.3 is 10.3 Å². The van der Waals surface area contributed by atoms with Crippen LogP contribution >= 0.6 is 0 Å². The van der Waals surface area contributed by atoms with Crippen LogP contribution in [0.15, 0.2) is 28.8 Å². The Labute approximate surface area is 115 Å². The van der Waals surface area contributed by atoms with Gasteiger partial charge in [0, 0.05) is 24.1 Å². The number of aryl methyl sites for hydroxylation is 1. The predicted octanol–water partition coefficient (Wildman–Crippen LogP) is 2.32. The van der Waals surface area contributed by atoms with Gasteiger partial charge in [-0.25, -0.2) is 0 Å². The van der Waals surface area contributed by atoms with Gasteiger partial charge in [-0.1, -0.05) is 23.7 Å². The molecule has 1 heterocycles. The molecule has 0 aliphatic carbocycles. The fourth-order valence-electron chi connectivity index (χ4n) is 1.83. The predicted molar refractivity (Wildman–Crippen MR) is 73.0 cm³/mol. The second kappa shape index (κ2) is 6.76. The molecule has 2 rings (SSSR count). The highest BCUT2D eigenvalue weighted by Crippen LogP contribution is 2.21. The molecule has 0 radical (unpaired) electrons. The van der Waals surface area contributed by atoms with Crippen molar-refractivity contribution in [2.24, 2.45) is 5.73 Å². The Kier molecular flexibility index (Phi) is 4.78. The molecule has 2 aromatic rings. The van der Waals surface area contributed by atoms with Gasteiger partial charge in [-0.05, 0) is 19.4 Å². The van der Waals surface area contributed by atoms with Crippen molar-refractivity contribution in [3.8, 4) is 11.4 Å². The van der Waals surface area contributed by atoms with Gasteiger partial charge >= 0.3 is 0 Å². The molecule has 1 aromatic carbocycles. The van der Waals surface area contributed by atoms with Crippen LogP contribution in [0.25, 0.3) is 11.4 Å². The van der Waals surface area contributed by atoms with Gasteiger partial charge in [0.15, 0.2) is 0 Å². The lowest BCUT2D eigenvalue weighted by Crippen LogP contribution is -1.98. The van der Waals surface area contributed by atoms with E-state index in [4.69, 9.17) is 10.3 Å². The van der Waals surface area contributed by atoms with Gasteiger partial charge in [-0.2, -0.15) is 4.98 Å².